The molecular weight excluding hydrogens is 400 g/mol. The molecule has 1 aliphatic rings. The molecule has 3 rings (SSSR count). The number of thioether (sulfide) groups is 1. The van der Waals surface area contributed by atoms with Gasteiger partial charge in [-0.2, -0.15) is 0 Å². The lowest BCUT2D eigenvalue weighted by atomic mass is 10.1. The van der Waals surface area contributed by atoms with Crippen LogP contribution in [0.2, 0.25) is 0 Å². The molecule has 7 heteroatoms. The summed E-state index contributed by atoms with van der Waals surface area (Å²) in [4.78, 5) is 38.2. The third-order valence-corrected chi connectivity index (χ3v) is 5.38. The average molecular weight is 425 g/mol. The van der Waals surface area contributed by atoms with Crippen molar-refractivity contribution in [3.05, 3.63) is 70.6 Å². The van der Waals surface area contributed by atoms with Gasteiger partial charge in [-0.15, -0.1) is 0 Å². The molecule has 0 saturated carbocycles. The van der Waals surface area contributed by atoms with E-state index < -0.39 is 11.1 Å². The first-order valence-corrected chi connectivity index (χ1v) is 10.7. The van der Waals surface area contributed by atoms with E-state index in [1.807, 2.05) is 61.5 Å². The maximum absolute atomic E-state index is 12.7. The molecule has 3 amide bonds. The minimum atomic E-state index is -0.464. The third-order valence-electron chi connectivity index (χ3n) is 4.47. The number of para-hydroxylation sites is 1. The van der Waals surface area contributed by atoms with Crippen molar-refractivity contribution >= 4 is 34.9 Å². The van der Waals surface area contributed by atoms with Gasteiger partial charge in [0.05, 0.1) is 4.91 Å². The zero-order valence-electron chi connectivity index (χ0n) is 16.8. The smallest absolute Gasteiger partial charge is 0.294 e. The van der Waals surface area contributed by atoms with E-state index in [0.29, 0.717) is 24.5 Å². The van der Waals surface area contributed by atoms with Crippen LogP contribution in [0.4, 0.5) is 4.79 Å². The van der Waals surface area contributed by atoms with Gasteiger partial charge in [0.1, 0.15) is 18.9 Å². The van der Waals surface area contributed by atoms with Crippen LogP contribution in [0.3, 0.4) is 0 Å². The fraction of sp³-hybridized carbons (Fsp3) is 0.261. The first kappa shape index (κ1) is 21.6. The second kappa shape index (κ2) is 10.6. The molecule has 0 bridgehead atoms. The summed E-state index contributed by atoms with van der Waals surface area (Å²) in [5.74, 6) is -0.183. The number of hydrogen-bond donors (Lipinski definition) is 1. The molecule has 1 heterocycles. The molecule has 30 heavy (non-hydrogen) atoms. The summed E-state index contributed by atoms with van der Waals surface area (Å²) in [7, 11) is 0. The van der Waals surface area contributed by atoms with Crippen LogP contribution in [0.1, 0.15) is 30.9 Å². The van der Waals surface area contributed by atoms with Gasteiger partial charge in [-0.25, -0.2) is 0 Å². The molecule has 2 aromatic rings. The van der Waals surface area contributed by atoms with Gasteiger partial charge < -0.3 is 10.1 Å². The molecule has 0 aliphatic carbocycles. The third kappa shape index (κ3) is 5.73. The van der Waals surface area contributed by atoms with Crippen molar-refractivity contribution in [1.29, 1.82) is 0 Å². The molecule has 1 fully saturated rings. The van der Waals surface area contributed by atoms with E-state index >= 15 is 0 Å². The Balaban J connectivity index is 1.69. The van der Waals surface area contributed by atoms with Crippen molar-refractivity contribution in [3.63, 3.8) is 0 Å². The number of carbonyl (C=O) groups excluding carboxylic acids is 3. The Bertz CT molecular complexity index is 943. The van der Waals surface area contributed by atoms with Crippen molar-refractivity contribution < 1.29 is 19.1 Å². The monoisotopic (exact) mass is 424 g/mol. The van der Waals surface area contributed by atoms with Crippen molar-refractivity contribution in [3.8, 4) is 5.75 Å². The summed E-state index contributed by atoms with van der Waals surface area (Å²) in [5, 5.41) is 2.28. The van der Waals surface area contributed by atoms with Crippen LogP contribution in [-0.4, -0.2) is 35.0 Å². The number of nitrogens with one attached hydrogen (secondary N) is 1. The Labute approximate surface area is 180 Å². The topological polar surface area (TPSA) is 75.7 Å². The number of benzene rings is 2. The van der Waals surface area contributed by atoms with E-state index in [-0.39, 0.29) is 17.4 Å². The SMILES string of the molecule is CCCCNC(=O)CN1C(=O)S/C(=C\c2ccccc2OCc2ccccc2)C1=O. The Hall–Kier alpha value is -3.06. The van der Waals surface area contributed by atoms with Crippen LogP contribution in [-0.2, 0) is 16.2 Å². The number of amides is 3. The number of ether oxygens (including phenoxy) is 1. The summed E-state index contributed by atoms with van der Waals surface area (Å²) >= 11 is 0.833. The minimum Gasteiger partial charge on any atom is -0.488 e. The fourth-order valence-electron chi connectivity index (χ4n) is 2.85. The lowest BCUT2D eigenvalue weighted by Crippen LogP contribution is -2.39. The van der Waals surface area contributed by atoms with Gasteiger partial charge in [0.15, 0.2) is 0 Å². The molecule has 6 nitrogen and oxygen atoms in total. The average Bonchev–Trinajstić information content (AvgIpc) is 3.01. The Morgan fingerprint density at radius 2 is 1.83 bits per heavy atom. The summed E-state index contributed by atoms with van der Waals surface area (Å²) in [5.41, 5.74) is 1.73. The van der Waals surface area contributed by atoms with Gasteiger partial charge in [0.2, 0.25) is 5.91 Å². The lowest BCUT2D eigenvalue weighted by Gasteiger charge is -2.12. The second-order valence-electron chi connectivity index (χ2n) is 6.78. The number of imide groups is 1. The van der Waals surface area contributed by atoms with Crippen molar-refractivity contribution in [2.45, 2.75) is 26.4 Å². The molecule has 0 radical (unpaired) electrons. The zero-order valence-corrected chi connectivity index (χ0v) is 17.6. The maximum Gasteiger partial charge on any atom is 0.294 e. The number of unbranched alkanes of at least 4 members (excludes halogenated alkanes) is 1. The molecule has 1 saturated heterocycles. The molecule has 156 valence electrons. The van der Waals surface area contributed by atoms with Crippen LogP contribution in [0.25, 0.3) is 6.08 Å². The Morgan fingerprint density at radius 1 is 1.10 bits per heavy atom. The number of hydrogen-bond acceptors (Lipinski definition) is 5. The van der Waals surface area contributed by atoms with E-state index in [9.17, 15) is 14.4 Å². The lowest BCUT2D eigenvalue weighted by molar-refractivity contribution is -0.129. The van der Waals surface area contributed by atoms with Crippen LogP contribution in [0.15, 0.2) is 59.5 Å². The van der Waals surface area contributed by atoms with E-state index in [0.717, 1.165) is 35.1 Å². The minimum absolute atomic E-state index is 0.266. The molecule has 0 spiro atoms. The highest BCUT2D eigenvalue weighted by atomic mass is 32.2. The molecular formula is C23H24N2O4S. The van der Waals surface area contributed by atoms with Crippen molar-refractivity contribution in [2.24, 2.45) is 0 Å². The quantitative estimate of drug-likeness (QED) is 0.482. The Morgan fingerprint density at radius 3 is 2.60 bits per heavy atom. The first-order valence-electron chi connectivity index (χ1n) is 9.86. The van der Waals surface area contributed by atoms with Gasteiger partial charge in [0, 0.05) is 12.1 Å². The standard InChI is InChI=1S/C23H24N2O4S/c1-2-3-13-24-21(26)15-25-22(27)20(30-23(25)28)14-18-11-7-8-12-19(18)29-16-17-9-5-4-6-10-17/h4-12,14H,2-3,13,15-16H2,1H3,(H,24,26)/b20-14-. The van der Waals surface area contributed by atoms with Crippen molar-refractivity contribution in [1.82, 2.24) is 10.2 Å². The largest absolute Gasteiger partial charge is 0.488 e. The van der Waals surface area contributed by atoms with Crippen LogP contribution >= 0.6 is 11.8 Å². The van der Waals surface area contributed by atoms with Gasteiger partial charge in [-0.05, 0) is 35.9 Å². The second-order valence-corrected chi connectivity index (χ2v) is 7.78. The molecule has 1 N–H and O–H groups in total. The molecule has 1 aliphatic heterocycles. The Kier molecular flexibility index (Phi) is 7.68. The summed E-state index contributed by atoms with van der Waals surface area (Å²) in [6.07, 6.45) is 3.45. The van der Waals surface area contributed by atoms with Gasteiger partial charge in [0.25, 0.3) is 11.1 Å². The molecule has 0 atom stereocenters. The number of nitrogens with zero attached hydrogens (tertiary/aromatic N) is 1. The molecule has 0 aromatic heterocycles. The normalized spacial score (nSPS) is 15.0. The number of carbonyl (C=O) groups is 3. The van der Waals surface area contributed by atoms with Crippen molar-refractivity contribution in [2.75, 3.05) is 13.1 Å². The van der Waals surface area contributed by atoms with Gasteiger partial charge >= 0.3 is 0 Å². The summed E-state index contributed by atoms with van der Waals surface area (Å²) in [6.45, 7) is 2.69. The van der Waals surface area contributed by atoms with E-state index in [1.165, 1.54) is 0 Å². The predicted molar refractivity (Wildman–Crippen MR) is 118 cm³/mol. The highest BCUT2D eigenvalue weighted by Gasteiger charge is 2.36. The van der Waals surface area contributed by atoms with Crippen LogP contribution < -0.4 is 10.1 Å². The van der Waals surface area contributed by atoms with Crippen LogP contribution in [0.5, 0.6) is 5.75 Å². The highest BCUT2D eigenvalue weighted by molar-refractivity contribution is 8.18. The van der Waals surface area contributed by atoms with E-state index in [2.05, 4.69) is 5.32 Å². The van der Waals surface area contributed by atoms with E-state index in [1.54, 1.807) is 6.08 Å². The van der Waals surface area contributed by atoms with E-state index in [4.69, 9.17) is 4.74 Å². The van der Waals surface area contributed by atoms with Gasteiger partial charge in [-0.3, -0.25) is 19.3 Å². The molecule has 2 aromatic carbocycles. The fourth-order valence-corrected chi connectivity index (χ4v) is 3.68. The summed E-state index contributed by atoms with van der Waals surface area (Å²) in [6, 6.07) is 17.1. The highest BCUT2D eigenvalue weighted by Crippen LogP contribution is 2.34. The maximum atomic E-state index is 12.7. The van der Waals surface area contributed by atoms with Crippen LogP contribution in [0, 0.1) is 0 Å². The van der Waals surface area contributed by atoms with Gasteiger partial charge in [-0.1, -0.05) is 61.9 Å². The predicted octanol–water partition coefficient (Wildman–Crippen LogP) is 4.22. The number of rotatable bonds is 9. The zero-order chi connectivity index (χ0) is 21.3. The summed E-state index contributed by atoms with van der Waals surface area (Å²) < 4.78 is 5.91. The molecule has 0 unspecified atom stereocenters. The first-order chi connectivity index (χ1) is 14.6.